The maximum absolute atomic E-state index is 2.54. The number of hydrogen-bond donors (Lipinski definition) is 0. The molecule has 0 fully saturated rings. The third-order valence-corrected chi connectivity index (χ3v) is 12.7. The van der Waals surface area contributed by atoms with Gasteiger partial charge in [-0.25, -0.2) is 0 Å². The number of hydrogen-bond acceptors (Lipinski definition) is 2. The van der Waals surface area contributed by atoms with Crippen LogP contribution in [0.4, 0.5) is 17.1 Å². The van der Waals surface area contributed by atoms with Gasteiger partial charge in [0, 0.05) is 20.9 Å². The van der Waals surface area contributed by atoms with Gasteiger partial charge in [-0.05, 0) is 119 Å². The fraction of sp³-hybridized carbons (Fsp3) is 0.0588. The first-order valence-corrected chi connectivity index (χ1v) is 19.3. The third-order valence-electron chi connectivity index (χ3n) is 11.6. The average molecular weight is 694 g/mol. The summed E-state index contributed by atoms with van der Waals surface area (Å²) in [7, 11) is 0. The predicted octanol–water partition coefficient (Wildman–Crippen LogP) is 14.7. The topological polar surface area (TPSA) is 3.24 Å². The largest absolute Gasteiger partial charge is 0.308 e. The number of nitrogens with zero attached hydrogens (tertiary/aromatic N) is 1. The zero-order valence-corrected chi connectivity index (χ0v) is 30.4. The van der Waals surface area contributed by atoms with Crippen LogP contribution in [-0.4, -0.2) is 0 Å². The summed E-state index contributed by atoms with van der Waals surface area (Å²) in [6.07, 6.45) is 0. The second kappa shape index (κ2) is 11.5. The Morgan fingerprint density at radius 2 is 0.943 bits per heavy atom. The van der Waals surface area contributed by atoms with E-state index in [9.17, 15) is 0 Å². The van der Waals surface area contributed by atoms with Gasteiger partial charge in [0.1, 0.15) is 0 Å². The predicted molar refractivity (Wildman–Crippen MR) is 226 cm³/mol. The van der Waals surface area contributed by atoms with Gasteiger partial charge in [-0.3, -0.25) is 0 Å². The van der Waals surface area contributed by atoms with Crippen molar-refractivity contribution in [2.45, 2.75) is 29.1 Å². The van der Waals surface area contributed by atoms with Crippen LogP contribution in [0.5, 0.6) is 0 Å². The molecule has 0 N–H and O–H groups in total. The monoisotopic (exact) mass is 693 g/mol. The van der Waals surface area contributed by atoms with E-state index in [1.54, 1.807) is 0 Å². The van der Waals surface area contributed by atoms with Crippen molar-refractivity contribution in [1.29, 1.82) is 0 Å². The van der Waals surface area contributed by atoms with Crippen LogP contribution in [0.1, 0.15) is 25.0 Å². The molecule has 9 aromatic rings. The van der Waals surface area contributed by atoms with Gasteiger partial charge in [0.25, 0.3) is 0 Å². The molecule has 53 heavy (non-hydrogen) atoms. The van der Waals surface area contributed by atoms with Crippen molar-refractivity contribution >= 4 is 61.1 Å². The van der Waals surface area contributed by atoms with Crippen molar-refractivity contribution in [3.05, 3.63) is 187 Å². The van der Waals surface area contributed by atoms with E-state index in [1.807, 2.05) is 11.8 Å². The van der Waals surface area contributed by atoms with Crippen molar-refractivity contribution < 1.29 is 0 Å². The summed E-state index contributed by atoms with van der Waals surface area (Å²) in [4.78, 5) is 4.99. The van der Waals surface area contributed by atoms with Crippen LogP contribution in [0.15, 0.2) is 186 Å². The summed E-state index contributed by atoms with van der Waals surface area (Å²) in [6, 6.07) is 65.4. The summed E-state index contributed by atoms with van der Waals surface area (Å²) in [5, 5.41) is 7.65. The van der Waals surface area contributed by atoms with E-state index in [4.69, 9.17) is 0 Å². The summed E-state index contributed by atoms with van der Waals surface area (Å²) < 4.78 is 0. The Hall–Kier alpha value is -6.09. The highest BCUT2D eigenvalue weighted by Crippen LogP contribution is 2.56. The molecule has 0 unspecified atom stereocenters. The van der Waals surface area contributed by atoms with E-state index >= 15 is 0 Å². The van der Waals surface area contributed by atoms with Crippen LogP contribution in [0.3, 0.4) is 0 Å². The lowest BCUT2D eigenvalue weighted by atomic mass is 9.79. The average Bonchev–Trinajstić information content (AvgIpc) is 3.44. The van der Waals surface area contributed by atoms with E-state index in [0.29, 0.717) is 0 Å². The summed E-state index contributed by atoms with van der Waals surface area (Å²) in [5.74, 6) is 0. The first kappa shape index (κ1) is 30.5. The number of benzene rings is 9. The molecule has 2 aliphatic rings. The lowest BCUT2D eigenvalue weighted by Gasteiger charge is -2.33. The van der Waals surface area contributed by atoms with Gasteiger partial charge >= 0.3 is 0 Å². The van der Waals surface area contributed by atoms with Crippen LogP contribution in [-0.2, 0) is 5.41 Å². The minimum absolute atomic E-state index is 0.135. The van der Waals surface area contributed by atoms with Crippen molar-refractivity contribution in [3.8, 4) is 33.4 Å². The molecule has 250 valence electrons. The molecule has 1 heterocycles. The van der Waals surface area contributed by atoms with E-state index < -0.39 is 0 Å². The van der Waals surface area contributed by atoms with E-state index in [2.05, 4.69) is 195 Å². The molecule has 1 aliphatic heterocycles. The smallest absolute Gasteiger partial charge is 0.0601 e. The fourth-order valence-electron chi connectivity index (χ4n) is 9.25. The standard InChI is InChI=1S/C51H35NS/c1-51(2)42-23-11-10-22-39(42)50-35-19-7-6-18-34(35)41(31-43(50)51)49-37-21-9-8-20-36(37)48(32-16-4-3-5-17-32)38-29-28-33(30-40(38)49)52-44-24-12-14-26-46(44)53-47-27-15-13-25-45(47)52/h3-31H,1-2H3. The molecule has 0 spiro atoms. The Labute approximate surface area is 314 Å². The van der Waals surface area contributed by atoms with E-state index in [-0.39, 0.29) is 5.41 Å². The second-order valence-corrected chi connectivity index (χ2v) is 15.9. The number of para-hydroxylation sites is 2. The van der Waals surface area contributed by atoms with E-state index in [1.165, 1.54) is 98.0 Å². The Morgan fingerprint density at radius 3 is 1.66 bits per heavy atom. The first-order valence-electron chi connectivity index (χ1n) is 18.4. The molecule has 0 saturated carbocycles. The minimum Gasteiger partial charge on any atom is -0.308 e. The van der Waals surface area contributed by atoms with Crippen LogP contribution in [0.25, 0.3) is 65.7 Å². The zero-order chi connectivity index (χ0) is 35.3. The molecule has 11 rings (SSSR count). The molecule has 0 aromatic heterocycles. The Kier molecular flexibility index (Phi) is 6.60. The van der Waals surface area contributed by atoms with Crippen LogP contribution >= 0.6 is 11.8 Å². The Balaban J connectivity index is 1.29. The van der Waals surface area contributed by atoms with Crippen molar-refractivity contribution in [2.75, 3.05) is 4.90 Å². The van der Waals surface area contributed by atoms with Crippen molar-refractivity contribution in [1.82, 2.24) is 0 Å². The van der Waals surface area contributed by atoms with Gasteiger partial charge in [-0.1, -0.05) is 159 Å². The number of rotatable bonds is 3. The molecule has 2 heteroatoms. The van der Waals surface area contributed by atoms with Gasteiger partial charge in [-0.2, -0.15) is 0 Å². The van der Waals surface area contributed by atoms with Gasteiger partial charge in [0.15, 0.2) is 0 Å². The lowest BCUT2D eigenvalue weighted by molar-refractivity contribution is 0.661. The molecule has 0 radical (unpaired) electrons. The highest BCUT2D eigenvalue weighted by Gasteiger charge is 2.37. The summed E-state index contributed by atoms with van der Waals surface area (Å²) in [5.41, 5.74) is 14.0. The van der Waals surface area contributed by atoms with E-state index in [0.717, 1.165) is 5.69 Å². The van der Waals surface area contributed by atoms with Crippen LogP contribution < -0.4 is 4.90 Å². The molecular weight excluding hydrogens is 659 g/mol. The second-order valence-electron chi connectivity index (χ2n) is 14.8. The first-order chi connectivity index (χ1) is 26.1. The number of anilines is 3. The molecule has 9 aromatic carbocycles. The zero-order valence-electron chi connectivity index (χ0n) is 29.6. The fourth-order valence-corrected chi connectivity index (χ4v) is 10.3. The maximum atomic E-state index is 2.54. The molecule has 1 nitrogen and oxygen atoms in total. The lowest BCUT2D eigenvalue weighted by Crippen LogP contribution is -2.15. The summed E-state index contributed by atoms with van der Waals surface area (Å²) >= 11 is 1.85. The van der Waals surface area contributed by atoms with Gasteiger partial charge in [0.2, 0.25) is 0 Å². The maximum Gasteiger partial charge on any atom is 0.0601 e. The van der Waals surface area contributed by atoms with Crippen LogP contribution in [0, 0.1) is 0 Å². The Morgan fingerprint density at radius 1 is 0.396 bits per heavy atom. The molecule has 0 bridgehead atoms. The minimum atomic E-state index is -0.135. The molecule has 1 aliphatic carbocycles. The van der Waals surface area contributed by atoms with Crippen LogP contribution in [0.2, 0.25) is 0 Å². The number of fused-ring (bicyclic) bond motifs is 9. The normalized spacial score (nSPS) is 13.9. The van der Waals surface area contributed by atoms with Gasteiger partial charge < -0.3 is 4.90 Å². The van der Waals surface area contributed by atoms with Gasteiger partial charge in [0.05, 0.1) is 11.4 Å². The van der Waals surface area contributed by atoms with Gasteiger partial charge in [-0.15, -0.1) is 0 Å². The SMILES string of the molecule is CC1(C)c2ccccc2-c2c1cc(-c1c3ccccc3c(-c3ccccc3)c3ccc(N4c5ccccc5Sc5ccccc54)cc13)c1ccccc21. The quantitative estimate of drug-likeness (QED) is 0.170. The Bertz CT molecular complexity index is 2910. The molecule has 0 saturated heterocycles. The molecule has 0 atom stereocenters. The summed E-state index contributed by atoms with van der Waals surface area (Å²) in [6.45, 7) is 4.79. The van der Waals surface area contributed by atoms with Crippen molar-refractivity contribution in [3.63, 3.8) is 0 Å². The molecule has 0 amide bonds. The third kappa shape index (κ3) is 4.40. The molecular formula is C51H35NS. The highest BCUT2D eigenvalue weighted by atomic mass is 32.2. The highest BCUT2D eigenvalue weighted by molar-refractivity contribution is 7.99. The van der Waals surface area contributed by atoms with Crippen molar-refractivity contribution in [2.24, 2.45) is 0 Å².